The molecule has 3 heterocycles. The van der Waals surface area contributed by atoms with Crippen LogP contribution in [0, 0.1) is 5.92 Å². The number of amides is 3. The molecule has 1 saturated carbocycles. The van der Waals surface area contributed by atoms with Crippen LogP contribution in [0.4, 0.5) is 11.4 Å². The van der Waals surface area contributed by atoms with Gasteiger partial charge in [0.2, 0.25) is 11.8 Å². The maximum Gasteiger partial charge on any atom is 0.252 e. The van der Waals surface area contributed by atoms with Gasteiger partial charge in [-0.3, -0.25) is 19.4 Å². The molecule has 2 aliphatic heterocycles. The monoisotopic (exact) mass is 462 g/mol. The molecule has 3 aliphatic rings. The van der Waals surface area contributed by atoms with E-state index in [1.165, 1.54) is 0 Å². The molecule has 0 bridgehead atoms. The molecule has 1 spiro atoms. The summed E-state index contributed by atoms with van der Waals surface area (Å²) in [5.41, 5.74) is 2.24. The van der Waals surface area contributed by atoms with Crippen LogP contribution in [0.2, 0.25) is 0 Å². The summed E-state index contributed by atoms with van der Waals surface area (Å²) in [6.07, 6.45) is 9.50. The molecular weight excluding hydrogens is 432 g/mol. The fraction of sp³-hybridized carbons (Fsp3) is 0.462. The second kappa shape index (κ2) is 9.54. The summed E-state index contributed by atoms with van der Waals surface area (Å²) in [4.78, 5) is 43.0. The predicted molar refractivity (Wildman–Crippen MR) is 127 cm³/mol. The number of ether oxygens (including phenoxy) is 1. The van der Waals surface area contributed by atoms with Gasteiger partial charge in [0.1, 0.15) is 6.04 Å². The molecule has 3 amide bonds. The van der Waals surface area contributed by atoms with Crippen molar-refractivity contribution in [1.82, 2.24) is 10.3 Å². The molecule has 3 N–H and O–H groups in total. The molecule has 0 radical (unpaired) electrons. The minimum Gasteiger partial charge on any atom is -0.381 e. The lowest BCUT2D eigenvalue weighted by Gasteiger charge is -2.31. The lowest BCUT2D eigenvalue weighted by Crippen LogP contribution is -2.49. The minimum absolute atomic E-state index is 0.000951. The van der Waals surface area contributed by atoms with E-state index >= 15 is 0 Å². The van der Waals surface area contributed by atoms with Crippen molar-refractivity contribution in [1.29, 1.82) is 0 Å². The van der Waals surface area contributed by atoms with Crippen LogP contribution in [0.3, 0.4) is 0 Å². The van der Waals surface area contributed by atoms with Gasteiger partial charge < -0.3 is 20.7 Å². The Hall–Kier alpha value is -3.26. The Labute approximate surface area is 198 Å². The van der Waals surface area contributed by atoms with Gasteiger partial charge in [0, 0.05) is 42.5 Å². The molecule has 1 aromatic carbocycles. The van der Waals surface area contributed by atoms with Crippen LogP contribution in [0.1, 0.15) is 60.9 Å². The molecule has 5 rings (SSSR count). The Balaban J connectivity index is 1.34. The van der Waals surface area contributed by atoms with Crippen LogP contribution in [0.5, 0.6) is 0 Å². The van der Waals surface area contributed by atoms with E-state index in [9.17, 15) is 14.4 Å². The Kier molecular flexibility index (Phi) is 6.32. The Morgan fingerprint density at radius 3 is 2.53 bits per heavy atom. The predicted octanol–water partition coefficient (Wildman–Crippen LogP) is 3.40. The number of aromatic nitrogens is 1. The standard InChI is InChI=1S/C26H30N4O4/c31-23(18-8-12-27-13-9-18)30-22(17-4-2-1-3-5-17)24(32)28-19-6-7-20-21(16-19)29-25(33)26(20)10-14-34-15-11-26/h6-9,12-13,16-17,22H,1-5,10-11,14-15H2,(H,28,32)(H,29,33)(H,30,31)/t22-/m0/s1. The maximum absolute atomic E-state index is 13.4. The van der Waals surface area contributed by atoms with Crippen LogP contribution < -0.4 is 16.0 Å². The first-order valence-electron chi connectivity index (χ1n) is 12.1. The molecule has 2 aromatic rings. The third-order valence-corrected chi connectivity index (χ3v) is 7.46. The summed E-state index contributed by atoms with van der Waals surface area (Å²) in [6, 6.07) is 8.24. The van der Waals surface area contributed by atoms with E-state index in [1.54, 1.807) is 24.5 Å². The van der Waals surface area contributed by atoms with Gasteiger partial charge in [-0.1, -0.05) is 25.3 Å². The smallest absolute Gasteiger partial charge is 0.252 e. The Morgan fingerprint density at radius 2 is 1.79 bits per heavy atom. The molecule has 0 unspecified atom stereocenters. The van der Waals surface area contributed by atoms with Gasteiger partial charge in [-0.05, 0) is 61.4 Å². The number of pyridine rings is 1. The van der Waals surface area contributed by atoms with Gasteiger partial charge in [-0.2, -0.15) is 0 Å². The SMILES string of the molecule is O=C(N[C@H](C(=O)Nc1ccc2c(c1)NC(=O)C21CCOCC1)C1CCCCC1)c1ccncc1. The molecular formula is C26H30N4O4. The van der Waals surface area contributed by atoms with Crippen LogP contribution in [0.15, 0.2) is 42.7 Å². The summed E-state index contributed by atoms with van der Waals surface area (Å²) in [5.74, 6) is -0.437. The third kappa shape index (κ3) is 4.30. The summed E-state index contributed by atoms with van der Waals surface area (Å²) in [6.45, 7) is 1.12. The van der Waals surface area contributed by atoms with Crippen molar-refractivity contribution in [2.75, 3.05) is 23.8 Å². The van der Waals surface area contributed by atoms with Gasteiger partial charge >= 0.3 is 0 Å². The largest absolute Gasteiger partial charge is 0.381 e. The number of nitrogens with one attached hydrogen (secondary N) is 3. The zero-order valence-electron chi connectivity index (χ0n) is 19.1. The summed E-state index contributed by atoms with van der Waals surface area (Å²) in [7, 11) is 0. The fourth-order valence-electron chi connectivity index (χ4n) is 5.54. The van der Waals surface area contributed by atoms with E-state index in [4.69, 9.17) is 4.74 Å². The molecule has 1 saturated heterocycles. The van der Waals surface area contributed by atoms with Crippen molar-refractivity contribution in [2.45, 2.75) is 56.4 Å². The van der Waals surface area contributed by atoms with Crippen molar-refractivity contribution in [3.05, 3.63) is 53.9 Å². The first-order chi connectivity index (χ1) is 16.6. The van der Waals surface area contributed by atoms with Gasteiger partial charge in [-0.15, -0.1) is 0 Å². The molecule has 1 aliphatic carbocycles. The average Bonchev–Trinajstić information content (AvgIpc) is 3.13. The molecule has 34 heavy (non-hydrogen) atoms. The molecule has 1 aromatic heterocycles. The van der Waals surface area contributed by atoms with E-state index in [0.717, 1.165) is 43.4 Å². The highest BCUT2D eigenvalue weighted by molar-refractivity contribution is 6.07. The van der Waals surface area contributed by atoms with E-state index in [1.807, 2.05) is 18.2 Å². The first kappa shape index (κ1) is 22.5. The average molecular weight is 463 g/mol. The zero-order valence-corrected chi connectivity index (χ0v) is 19.1. The van der Waals surface area contributed by atoms with E-state index in [0.29, 0.717) is 37.3 Å². The van der Waals surface area contributed by atoms with Crippen molar-refractivity contribution in [3.8, 4) is 0 Å². The number of nitrogens with zero attached hydrogens (tertiary/aromatic N) is 1. The number of carbonyl (C=O) groups is 3. The molecule has 8 nitrogen and oxygen atoms in total. The third-order valence-electron chi connectivity index (χ3n) is 7.46. The minimum atomic E-state index is -0.634. The fourth-order valence-corrected chi connectivity index (χ4v) is 5.54. The van der Waals surface area contributed by atoms with Crippen molar-refractivity contribution in [2.24, 2.45) is 5.92 Å². The van der Waals surface area contributed by atoms with E-state index in [2.05, 4.69) is 20.9 Å². The van der Waals surface area contributed by atoms with Crippen LogP contribution >= 0.6 is 0 Å². The quantitative estimate of drug-likeness (QED) is 0.631. The highest BCUT2D eigenvalue weighted by atomic mass is 16.5. The first-order valence-corrected chi connectivity index (χ1v) is 12.1. The van der Waals surface area contributed by atoms with Crippen molar-refractivity contribution in [3.63, 3.8) is 0 Å². The van der Waals surface area contributed by atoms with Crippen LogP contribution in [-0.4, -0.2) is 42.0 Å². The number of benzene rings is 1. The highest BCUT2D eigenvalue weighted by Gasteiger charge is 2.47. The van der Waals surface area contributed by atoms with Crippen LogP contribution in [-0.2, 0) is 19.7 Å². The summed E-state index contributed by atoms with van der Waals surface area (Å²) < 4.78 is 5.47. The number of carbonyl (C=O) groups excluding carboxylic acids is 3. The number of rotatable bonds is 5. The Bertz CT molecular complexity index is 1080. The number of hydrogen-bond acceptors (Lipinski definition) is 5. The topological polar surface area (TPSA) is 109 Å². The second-order valence-corrected chi connectivity index (χ2v) is 9.48. The maximum atomic E-state index is 13.4. The van der Waals surface area contributed by atoms with Gasteiger partial charge in [0.25, 0.3) is 5.91 Å². The van der Waals surface area contributed by atoms with Gasteiger partial charge in [0.15, 0.2) is 0 Å². The summed E-state index contributed by atoms with van der Waals surface area (Å²) in [5, 5.41) is 8.95. The number of fused-ring (bicyclic) bond motifs is 2. The van der Waals surface area contributed by atoms with E-state index < -0.39 is 11.5 Å². The summed E-state index contributed by atoms with van der Waals surface area (Å²) >= 11 is 0. The molecule has 1 atom stereocenters. The number of anilines is 2. The lowest BCUT2D eigenvalue weighted by molar-refractivity contribution is -0.124. The molecule has 2 fully saturated rings. The molecule has 178 valence electrons. The van der Waals surface area contributed by atoms with Crippen LogP contribution in [0.25, 0.3) is 0 Å². The van der Waals surface area contributed by atoms with Crippen molar-refractivity contribution < 1.29 is 19.1 Å². The van der Waals surface area contributed by atoms with Crippen molar-refractivity contribution >= 4 is 29.1 Å². The lowest BCUT2D eigenvalue weighted by atomic mass is 9.75. The van der Waals surface area contributed by atoms with Gasteiger partial charge in [-0.25, -0.2) is 0 Å². The Morgan fingerprint density at radius 1 is 1.06 bits per heavy atom. The highest BCUT2D eigenvalue weighted by Crippen LogP contribution is 2.45. The second-order valence-electron chi connectivity index (χ2n) is 9.48. The van der Waals surface area contributed by atoms with Gasteiger partial charge in [0.05, 0.1) is 5.41 Å². The number of hydrogen-bond donors (Lipinski definition) is 3. The molecule has 8 heteroatoms. The normalized spacial score (nSPS) is 20.3. The zero-order chi connectivity index (χ0) is 23.5. The van der Waals surface area contributed by atoms with E-state index in [-0.39, 0.29) is 23.6 Å².